The third kappa shape index (κ3) is 7.25. The number of rotatable bonds is 11. The van der Waals surface area contributed by atoms with Crippen LogP contribution in [0.1, 0.15) is 69.9 Å². The van der Waals surface area contributed by atoms with Crippen molar-refractivity contribution in [3.8, 4) is 0 Å². The quantitative estimate of drug-likeness (QED) is 0.153. The third-order valence-corrected chi connectivity index (χ3v) is 7.42. The van der Waals surface area contributed by atoms with Crippen molar-refractivity contribution >= 4 is 34.1 Å². The summed E-state index contributed by atoms with van der Waals surface area (Å²) in [6, 6.07) is 22.5. The maximum Gasteiger partial charge on any atom is 0.322 e. The van der Waals surface area contributed by atoms with Gasteiger partial charge < -0.3 is 10.2 Å². The molecule has 0 bridgehead atoms. The van der Waals surface area contributed by atoms with Gasteiger partial charge in [0.25, 0.3) is 0 Å². The van der Waals surface area contributed by atoms with Crippen molar-refractivity contribution in [1.82, 2.24) is 10.8 Å². The smallest absolute Gasteiger partial charge is 0.322 e. The summed E-state index contributed by atoms with van der Waals surface area (Å²) >= 11 is 0. The first-order valence-corrected chi connectivity index (χ1v) is 13.9. The molecule has 4 rings (SSSR count). The number of urea groups is 1. The Bertz CT molecular complexity index is 1190. The Labute approximate surface area is 225 Å². The Morgan fingerprint density at radius 2 is 1.61 bits per heavy atom. The summed E-state index contributed by atoms with van der Waals surface area (Å²) in [5, 5.41) is 14.2. The molecule has 0 saturated carbocycles. The molecule has 3 amide bonds. The van der Waals surface area contributed by atoms with Crippen LogP contribution in [0.3, 0.4) is 0 Å². The molecule has 1 saturated heterocycles. The summed E-state index contributed by atoms with van der Waals surface area (Å²) in [5.41, 5.74) is 4.86. The second-order valence-corrected chi connectivity index (χ2v) is 10.2. The van der Waals surface area contributed by atoms with Crippen LogP contribution in [0.2, 0.25) is 0 Å². The average molecular weight is 517 g/mol. The van der Waals surface area contributed by atoms with Crippen molar-refractivity contribution in [3.05, 3.63) is 72.3 Å². The molecule has 38 heavy (non-hydrogen) atoms. The molecule has 0 radical (unpaired) electrons. The number of nitrogens with zero attached hydrogens (tertiary/aromatic N) is 2. The van der Waals surface area contributed by atoms with Crippen molar-refractivity contribution in [3.63, 3.8) is 0 Å². The first-order chi connectivity index (χ1) is 18.6. The molecular formula is C31H40N4O3. The molecule has 3 aromatic carbocycles. The van der Waals surface area contributed by atoms with Gasteiger partial charge in [0.1, 0.15) is 0 Å². The number of hydrogen-bond acceptors (Lipinski definition) is 4. The monoisotopic (exact) mass is 516 g/mol. The van der Waals surface area contributed by atoms with E-state index in [1.807, 2.05) is 30.0 Å². The standard InChI is InChI=1S/C31H40N4O3/c1-24(28-15-11-13-25-12-6-7-14-29(25)28)32-31(37)35(23-10-3-2-5-16-30(36)33-38)27-19-17-26(18-20-27)34-21-8-4-9-22-34/h6-7,11-15,17-20,24,38H,2-5,8-10,16,21-23H2,1H3,(H,32,37)(H,33,36). The van der Waals surface area contributed by atoms with E-state index in [1.165, 1.54) is 24.9 Å². The number of hydrogen-bond donors (Lipinski definition) is 3. The van der Waals surface area contributed by atoms with Gasteiger partial charge in [-0.3, -0.25) is 14.9 Å². The number of anilines is 2. The zero-order chi connectivity index (χ0) is 26.7. The highest BCUT2D eigenvalue weighted by Crippen LogP contribution is 2.27. The molecule has 1 unspecified atom stereocenters. The molecule has 3 N–H and O–H groups in total. The van der Waals surface area contributed by atoms with E-state index in [4.69, 9.17) is 5.21 Å². The Morgan fingerprint density at radius 3 is 2.37 bits per heavy atom. The molecule has 1 aliphatic heterocycles. The molecule has 0 aliphatic carbocycles. The summed E-state index contributed by atoms with van der Waals surface area (Å²) in [5.74, 6) is -0.359. The van der Waals surface area contributed by atoms with Crippen LogP contribution >= 0.6 is 0 Å². The maximum absolute atomic E-state index is 13.6. The summed E-state index contributed by atoms with van der Waals surface area (Å²) in [6.45, 7) is 4.79. The van der Waals surface area contributed by atoms with E-state index in [-0.39, 0.29) is 18.0 Å². The zero-order valence-corrected chi connectivity index (χ0v) is 22.4. The van der Waals surface area contributed by atoms with Crippen LogP contribution in [0.4, 0.5) is 16.2 Å². The van der Waals surface area contributed by atoms with E-state index < -0.39 is 0 Å². The number of amides is 3. The van der Waals surface area contributed by atoms with Crippen LogP contribution in [0.5, 0.6) is 0 Å². The SMILES string of the molecule is CC(NC(=O)N(CCCCCCC(=O)NO)c1ccc(N2CCCCC2)cc1)c1cccc2ccccc12. The summed E-state index contributed by atoms with van der Waals surface area (Å²) < 4.78 is 0. The van der Waals surface area contributed by atoms with Crippen LogP contribution in [-0.2, 0) is 4.79 Å². The van der Waals surface area contributed by atoms with Crippen LogP contribution in [0.25, 0.3) is 10.8 Å². The lowest BCUT2D eigenvalue weighted by molar-refractivity contribution is -0.129. The Kier molecular flexibility index (Phi) is 9.98. The van der Waals surface area contributed by atoms with Gasteiger partial charge in [-0.05, 0) is 79.6 Å². The van der Waals surface area contributed by atoms with Crippen molar-refractivity contribution < 1.29 is 14.8 Å². The molecule has 7 nitrogen and oxygen atoms in total. The molecule has 3 aromatic rings. The summed E-state index contributed by atoms with van der Waals surface area (Å²) in [4.78, 5) is 29.1. The Morgan fingerprint density at radius 1 is 0.895 bits per heavy atom. The predicted molar refractivity (Wildman–Crippen MR) is 154 cm³/mol. The Hall–Kier alpha value is -3.58. The van der Waals surface area contributed by atoms with Crippen LogP contribution in [-0.4, -0.2) is 36.8 Å². The van der Waals surface area contributed by atoms with E-state index in [9.17, 15) is 9.59 Å². The van der Waals surface area contributed by atoms with Crippen molar-refractivity contribution in [2.75, 3.05) is 29.4 Å². The fourth-order valence-corrected chi connectivity index (χ4v) is 5.28. The zero-order valence-electron chi connectivity index (χ0n) is 22.4. The fraction of sp³-hybridized carbons (Fsp3) is 0.419. The minimum atomic E-state index is -0.359. The minimum absolute atomic E-state index is 0.115. The maximum atomic E-state index is 13.6. The molecule has 1 aliphatic rings. The average Bonchev–Trinajstić information content (AvgIpc) is 2.96. The van der Waals surface area contributed by atoms with Gasteiger partial charge >= 0.3 is 6.03 Å². The molecule has 202 valence electrons. The van der Waals surface area contributed by atoms with Crippen LogP contribution in [0, 0.1) is 0 Å². The second-order valence-electron chi connectivity index (χ2n) is 10.2. The topological polar surface area (TPSA) is 84.9 Å². The molecule has 0 spiro atoms. The number of carbonyl (C=O) groups excluding carboxylic acids is 2. The van der Waals surface area contributed by atoms with Gasteiger partial charge in [-0.15, -0.1) is 0 Å². The predicted octanol–water partition coefficient (Wildman–Crippen LogP) is 6.56. The number of piperidine rings is 1. The van der Waals surface area contributed by atoms with Gasteiger partial charge in [0.05, 0.1) is 6.04 Å². The number of fused-ring (bicyclic) bond motifs is 1. The van der Waals surface area contributed by atoms with Crippen molar-refractivity contribution in [2.24, 2.45) is 0 Å². The molecule has 1 heterocycles. The fourth-order valence-electron chi connectivity index (χ4n) is 5.28. The van der Waals surface area contributed by atoms with Gasteiger partial charge in [-0.1, -0.05) is 55.3 Å². The van der Waals surface area contributed by atoms with E-state index >= 15 is 0 Å². The molecule has 0 aromatic heterocycles. The number of benzene rings is 3. The summed E-state index contributed by atoms with van der Waals surface area (Å²) in [6.07, 6.45) is 7.34. The number of carbonyl (C=O) groups is 2. The number of nitrogens with one attached hydrogen (secondary N) is 2. The number of hydroxylamine groups is 1. The van der Waals surface area contributed by atoms with Gasteiger partial charge in [-0.25, -0.2) is 10.3 Å². The minimum Gasteiger partial charge on any atom is -0.372 e. The van der Waals surface area contributed by atoms with E-state index in [1.54, 1.807) is 5.48 Å². The second kappa shape index (κ2) is 13.8. The molecular weight excluding hydrogens is 476 g/mol. The highest BCUT2D eigenvalue weighted by Gasteiger charge is 2.20. The molecule has 1 atom stereocenters. The van der Waals surface area contributed by atoms with Crippen LogP contribution in [0.15, 0.2) is 66.7 Å². The van der Waals surface area contributed by atoms with E-state index in [0.29, 0.717) is 19.4 Å². The Balaban J connectivity index is 1.45. The lowest BCUT2D eigenvalue weighted by Gasteiger charge is -2.30. The lowest BCUT2D eigenvalue weighted by atomic mass is 10.00. The molecule has 7 heteroatoms. The van der Waals surface area contributed by atoms with Crippen molar-refractivity contribution in [1.29, 1.82) is 0 Å². The van der Waals surface area contributed by atoms with Gasteiger partial charge in [0.2, 0.25) is 5.91 Å². The van der Waals surface area contributed by atoms with Gasteiger partial charge in [0.15, 0.2) is 0 Å². The highest BCUT2D eigenvalue weighted by molar-refractivity contribution is 5.93. The largest absolute Gasteiger partial charge is 0.372 e. The first-order valence-electron chi connectivity index (χ1n) is 13.9. The first kappa shape index (κ1) is 27.5. The molecule has 1 fully saturated rings. The van der Waals surface area contributed by atoms with Gasteiger partial charge in [0, 0.05) is 37.4 Å². The van der Waals surface area contributed by atoms with E-state index in [2.05, 4.69) is 58.7 Å². The van der Waals surface area contributed by atoms with E-state index in [0.717, 1.165) is 54.4 Å². The lowest BCUT2D eigenvalue weighted by Crippen LogP contribution is -2.42. The summed E-state index contributed by atoms with van der Waals surface area (Å²) in [7, 11) is 0. The third-order valence-electron chi connectivity index (χ3n) is 7.42. The van der Waals surface area contributed by atoms with Crippen molar-refractivity contribution in [2.45, 2.75) is 64.3 Å². The van der Waals surface area contributed by atoms with Gasteiger partial charge in [-0.2, -0.15) is 0 Å². The number of unbranched alkanes of at least 4 members (excludes halogenated alkanes) is 3. The normalized spacial score (nSPS) is 14.2. The van der Waals surface area contributed by atoms with Crippen LogP contribution < -0.4 is 20.6 Å². The highest BCUT2D eigenvalue weighted by atomic mass is 16.5.